The number of thiazole rings is 1. The van der Waals surface area contributed by atoms with Crippen LogP contribution in [0.2, 0.25) is 0 Å². The van der Waals surface area contributed by atoms with E-state index in [9.17, 15) is 4.79 Å². The Balaban J connectivity index is 2.85. The van der Waals surface area contributed by atoms with Crippen LogP contribution in [-0.2, 0) is 9.53 Å². The summed E-state index contributed by atoms with van der Waals surface area (Å²) >= 11 is 1.18. The molecule has 5 nitrogen and oxygen atoms in total. The third-order valence-corrected chi connectivity index (χ3v) is 2.35. The number of hydrogen-bond donors (Lipinski definition) is 2. The van der Waals surface area contributed by atoms with Gasteiger partial charge in [0.05, 0.1) is 12.8 Å². The number of aromatic nitrogens is 1. The molecule has 1 aromatic heterocycles. The van der Waals surface area contributed by atoms with Crippen LogP contribution >= 0.6 is 11.3 Å². The predicted molar refractivity (Wildman–Crippen MR) is 59.4 cm³/mol. The number of carbonyl (C=O) groups is 1. The average molecular weight is 221 g/mol. The van der Waals surface area contributed by atoms with Gasteiger partial charge in [0.2, 0.25) is 0 Å². The minimum Gasteiger partial charge on any atom is -0.464 e. The number of methoxy groups -OCH3 is 1. The molecule has 0 amide bonds. The molecule has 0 aliphatic heterocycles. The van der Waals surface area contributed by atoms with Gasteiger partial charge in [-0.25, -0.2) is 9.78 Å². The molecule has 2 radical (unpaired) electrons. The van der Waals surface area contributed by atoms with Gasteiger partial charge in [-0.05, 0) is 10.9 Å². The molecule has 3 N–H and O–H groups in total. The zero-order chi connectivity index (χ0) is 11.4. The molecule has 0 fully saturated rings. The first-order chi connectivity index (χ1) is 7.04. The monoisotopic (exact) mass is 221 g/mol. The smallest absolute Gasteiger partial charge is 0.356 e. The van der Waals surface area contributed by atoms with Crippen LogP contribution in [0.5, 0.6) is 0 Å². The van der Waals surface area contributed by atoms with Crippen LogP contribution in [0.3, 0.4) is 0 Å². The van der Waals surface area contributed by atoms with Crippen molar-refractivity contribution in [3.63, 3.8) is 0 Å². The minimum absolute atomic E-state index is 0.215. The van der Waals surface area contributed by atoms with Gasteiger partial charge >= 0.3 is 5.97 Å². The van der Waals surface area contributed by atoms with Crippen LogP contribution in [-0.4, -0.2) is 31.6 Å². The minimum atomic E-state index is -0.748. The highest BCUT2D eigenvalue weighted by Crippen LogP contribution is 2.09. The summed E-state index contributed by atoms with van der Waals surface area (Å²) in [6, 6.07) is 0. The highest BCUT2D eigenvalue weighted by Gasteiger charge is 2.09. The fourth-order valence-corrected chi connectivity index (χ4v) is 1.42. The second-order valence-corrected chi connectivity index (χ2v) is 3.63. The number of rotatable bonds is 3. The first-order valence-electron chi connectivity index (χ1n) is 3.90. The van der Waals surface area contributed by atoms with Gasteiger partial charge in [-0.2, -0.15) is 0 Å². The van der Waals surface area contributed by atoms with E-state index in [4.69, 9.17) is 19.0 Å². The maximum Gasteiger partial charge on any atom is 0.356 e. The Morgan fingerprint density at radius 1 is 1.80 bits per heavy atom. The molecule has 1 rings (SSSR count). The van der Waals surface area contributed by atoms with Gasteiger partial charge < -0.3 is 10.5 Å². The molecular weight excluding hydrogens is 213 g/mol. The molecule has 0 saturated carbocycles. The zero-order valence-electron chi connectivity index (χ0n) is 7.98. The summed E-state index contributed by atoms with van der Waals surface area (Å²) in [4.78, 5) is 14.8. The second-order valence-electron chi connectivity index (χ2n) is 2.57. The van der Waals surface area contributed by atoms with Crippen molar-refractivity contribution in [2.24, 2.45) is 5.73 Å². The molecule has 76 valence electrons. The van der Waals surface area contributed by atoms with E-state index in [0.29, 0.717) is 9.78 Å². The fraction of sp³-hybridized carbons (Fsp3) is 0.125. The molecule has 0 unspecified atom stereocenters. The first-order valence-corrected chi connectivity index (χ1v) is 4.72. The van der Waals surface area contributed by atoms with E-state index in [1.54, 1.807) is 0 Å². The van der Waals surface area contributed by atoms with E-state index >= 15 is 0 Å². The molecule has 15 heavy (non-hydrogen) atoms. The molecule has 1 heterocycles. The molecule has 0 saturated heterocycles. The van der Waals surface area contributed by atoms with E-state index in [0.717, 1.165) is 0 Å². The van der Waals surface area contributed by atoms with Gasteiger partial charge in [-0.15, -0.1) is 11.3 Å². The van der Waals surface area contributed by atoms with Crippen molar-refractivity contribution in [1.82, 2.24) is 4.98 Å². The van der Waals surface area contributed by atoms with Crippen molar-refractivity contribution in [2.75, 3.05) is 7.11 Å². The standard InChI is InChI=1S/C8H8BN3O2S/c1-14-8(13)5(11)2-4(10)7-12-3-6(9)15-7/h2-3,11H,10H2,1H3. The van der Waals surface area contributed by atoms with Crippen LogP contribution in [0.25, 0.3) is 5.70 Å². The molecule has 0 spiro atoms. The van der Waals surface area contributed by atoms with Crippen LogP contribution in [0, 0.1) is 5.41 Å². The normalized spacial score (nSPS) is 11.1. The van der Waals surface area contributed by atoms with Crippen LogP contribution < -0.4 is 10.5 Å². The Labute approximate surface area is 91.9 Å². The van der Waals surface area contributed by atoms with Gasteiger partial charge in [-0.1, -0.05) is 0 Å². The van der Waals surface area contributed by atoms with Crippen molar-refractivity contribution in [2.45, 2.75) is 0 Å². The van der Waals surface area contributed by atoms with Gasteiger partial charge in [0.15, 0.2) is 0 Å². The van der Waals surface area contributed by atoms with Crippen molar-refractivity contribution in [3.05, 3.63) is 17.3 Å². The SMILES string of the molecule is [B]c1cnc(C(N)=CC(=N)C(=O)OC)s1. The molecule has 0 atom stereocenters. The van der Waals surface area contributed by atoms with Gasteiger partial charge in [0.25, 0.3) is 0 Å². The van der Waals surface area contributed by atoms with Crippen molar-refractivity contribution < 1.29 is 9.53 Å². The fourth-order valence-electron chi connectivity index (χ4n) is 0.806. The van der Waals surface area contributed by atoms with Crippen molar-refractivity contribution in [1.29, 1.82) is 5.41 Å². The first kappa shape index (κ1) is 11.4. The van der Waals surface area contributed by atoms with Gasteiger partial charge in [0, 0.05) is 6.20 Å². The zero-order valence-corrected chi connectivity index (χ0v) is 8.80. The second kappa shape index (κ2) is 4.74. The summed E-state index contributed by atoms with van der Waals surface area (Å²) in [5, 5.41) is 7.77. The van der Waals surface area contributed by atoms with E-state index in [2.05, 4.69) is 9.72 Å². The Morgan fingerprint density at radius 3 is 2.93 bits per heavy atom. The van der Waals surface area contributed by atoms with Crippen LogP contribution in [0.4, 0.5) is 0 Å². The summed E-state index contributed by atoms with van der Waals surface area (Å²) in [7, 11) is 6.66. The Morgan fingerprint density at radius 2 is 2.47 bits per heavy atom. The summed E-state index contributed by atoms with van der Waals surface area (Å²) in [6.07, 6.45) is 2.65. The predicted octanol–water partition coefficient (Wildman–Crippen LogP) is -0.571. The number of esters is 1. The topological polar surface area (TPSA) is 89.1 Å². The Hall–Kier alpha value is -1.63. The van der Waals surface area contributed by atoms with Crippen LogP contribution in [0.1, 0.15) is 5.01 Å². The summed E-state index contributed by atoms with van der Waals surface area (Å²) < 4.78 is 4.87. The van der Waals surface area contributed by atoms with Gasteiger partial charge in [-0.3, -0.25) is 5.41 Å². The third-order valence-electron chi connectivity index (χ3n) is 1.48. The van der Waals surface area contributed by atoms with Crippen molar-refractivity contribution in [3.8, 4) is 0 Å². The number of hydrogen-bond acceptors (Lipinski definition) is 6. The lowest BCUT2D eigenvalue weighted by atomic mass is 10.1. The maximum atomic E-state index is 10.9. The van der Waals surface area contributed by atoms with Gasteiger partial charge in [0.1, 0.15) is 18.6 Å². The molecule has 0 aromatic carbocycles. The highest BCUT2D eigenvalue weighted by molar-refractivity contribution is 7.20. The average Bonchev–Trinajstić information content (AvgIpc) is 2.63. The number of nitrogens with one attached hydrogen (secondary N) is 1. The van der Waals surface area contributed by atoms with E-state index < -0.39 is 5.97 Å². The summed E-state index contributed by atoms with van der Waals surface area (Å²) in [6.45, 7) is 0. The van der Waals surface area contributed by atoms with E-state index in [-0.39, 0.29) is 11.4 Å². The lowest BCUT2D eigenvalue weighted by Gasteiger charge is -1.97. The number of nitrogens with zero attached hydrogens (tertiary/aromatic N) is 1. The lowest BCUT2D eigenvalue weighted by molar-refractivity contribution is -0.132. The van der Waals surface area contributed by atoms with E-state index in [1.807, 2.05) is 0 Å². The molecule has 1 aromatic rings. The molecule has 0 aliphatic rings. The quantitative estimate of drug-likeness (QED) is 0.406. The van der Waals surface area contributed by atoms with E-state index in [1.165, 1.54) is 30.7 Å². The number of carbonyl (C=O) groups excluding carboxylic acids is 1. The lowest BCUT2D eigenvalue weighted by Crippen LogP contribution is -2.13. The Bertz CT molecular complexity index is 427. The number of nitrogens with two attached hydrogens (primary N) is 1. The molecule has 0 aliphatic carbocycles. The Kier molecular flexibility index (Phi) is 3.62. The maximum absolute atomic E-state index is 10.9. The molecular formula is C8H8BN3O2S. The third kappa shape index (κ3) is 2.92. The largest absolute Gasteiger partial charge is 0.464 e. The summed E-state index contributed by atoms with van der Waals surface area (Å²) in [5.41, 5.74) is 5.49. The molecule has 7 heteroatoms. The molecule has 0 bridgehead atoms. The summed E-state index contributed by atoms with van der Waals surface area (Å²) in [5.74, 6) is -0.748. The number of ether oxygens (including phenoxy) is 1. The highest BCUT2D eigenvalue weighted by atomic mass is 32.1. The van der Waals surface area contributed by atoms with Crippen LogP contribution in [0.15, 0.2) is 12.3 Å². The van der Waals surface area contributed by atoms with Crippen molar-refractivity contribution >= 4 is 41.3 Å².